The molecule has 2 aliphatic heterocycles. The highest BCUT2D eigenvalue weighted by molar-refractivity contribution is 8.17. The number of ether oxygens (including phenoxy) is 2. The monoisotopic (exact) mass is 320 g/mol. The molecule has 0 aromatic heterocycles. The van der Waals surface area contributed by atoms with Crippen molar-refractivity contribution in [1.82, 2.24) is 0 Å². The van der Waals surface area contributed by atoms with Crippen molar-refractivity contribution in [2.75, 3.05) is 11.5 Å². The third-order valence-electron chi connectivity index (χ3n) is 4.20. The van der Waals surface area contributed by atoms with Gasteiger partial charge in [0.15, 0.2) is 5.79 Å². The smallest absolute Gasteiger partial charge is 0.163 e. The molecule has 0 aromatic carbocycles. The van der Waals surface area contributed by atoms with E-state index in [0.29, 0.717) is 4.58 Å². The number of hydrogen-bond acceptors (Lipinski definition) is 5. The predicted octanol–water partition coefficient (Wildman–Crippen LogP) is 3.36. The average Bonchev–Trinajstić information content (AvgIpc) is 2.64. The van der Waals surface area contributed by atoms with Gasteiger partial charge < -0.3 is 14.6 Å². The topological polar surface area (TPSA) is 38.7 Å². The van der Waals surface area contributed by atoms with Gasteiger partial charge in [0.05, 0.1) is 22.9 Å². The Labute approximate surface area is 131 Å². The van der Waals surface area contributed by atoms with E-state index in [1.54, 1.807) is 0 Å². The lowest BCUT2D eigenvalue weighted by Crippen LogP contribution is -2.41. The first-order valence-corrected chi connectivity index (χ1v) is 9.68. The van der Waals surface area contributed by atoms with Gasteiger partial charge in [0.1, 0.15) is 0 Å². The summed E-state index contributed by atoms with van der Waals surface area (Å²) in [4.78, 5) is 0. The molecule has 20 heavy (non-hydrogen) atoms. The van der Waals surface area contributed by atoms with E-state index in [0.717, 1.165) is 0 Å². The van der Waals surface area contributed by atoms with Crippen molar-refractivity contribution in [3.8, 4) is 0 Å². The molecule has 0 saturated carbocycles. The average molecular weight is 321 g/mol. The molecular weight excluding hydrogens is 292 g/mol. The highest BCUT2D eigenvalue weighted by Crippen LogP contribution is 2.44. The summed E-state index contributed by atoms with van der Waals surface area (Å²) in [6, 6.07) is 0. The third-order valence-corrected chi connectivity index (χ3v) is 7.35. The second kappa shape index (κ2) is 6.78. The molecule has 0 bridgehead atoms. The zero-order chi connectivity index (χ0) is 14.9. The highest BCUT2D eigenvalue weighted by Gasteiger charge is 2.46. The normalized spacial score (nSPS) is 35.7. The van der Waals surface area contributed by atoms with Gasteiger partial charge in [-0.05, 0) is 51.5 Å². The van der Waals surface area contributed by atoms with Gasteiger partial charge in [-0.3, -0.25) is 0 Å². The van der Waals surface area contributed by atoms with E-state index in [4.69, 9.17) is 9.47 Å². The van der Waals surface area contributed by atoms with Crippen LogP contribution in [0.1, 0.15) is 41.0 Å². The van der Waals surface area contributed by atoms with E-state index in [1.165, 1.54) is 17.9 Å². The van der Waals surface area contributed by atoms with E-state index in [2.05, 4.69) is 13.8 Å². The maximum atomic E-state index is 10.3. The molecule has 2 heterocycles. The summed E-state index contributed by atoms with van der Waals surface area (Å²) in [5.74, 6) is 2.44. The lowest BCUT2D eigenvalue weighted by Gasteiger charge is -2.38. The van der Waals surface area contributed by atoms with Crippen molar-refractivity contribution in [2.45, 2.75) is 69.7 Å². The van der Waals surface area contributed by atoms with Crippen LogP contribution in [0.25, 0.3) is 0 Å². The fourth-order valence-corrected chi connectivity index (χ4v) is 6.99. The van der Waals surface area contributed by atoms with Crippen LogP contribution in [0.15, 0.2) is 0 Å². The third kappa shape index (κ3) is 3.86. The van der Waals surface area contributed by atoms with Gasteiger partial charge >= 0.3 is 0 Å². The Morgan fingerprint density at radius 2 is 1.75 bits per heavy atom. The first kappa shape index (κ1) is 16.9. The minimum atomic E-state index is -0.506. The molecule has 0 amide bonds. The van der Waals surface area contributed by atoms with Crippen molar-refractivity contribution in [2.24, 2.45) is 11.8 Å². The van der Waals surface area contributed by atoms with Crippen LogP contribution < -0.4 is 0 Å². The summed E-state index contributed by atoms with van der Waals surface area (Å²) < 4.78 is 12.4. The molecule has 0 aliphatic carbocycles. The molecule has 2 rings (SSSR count). The second-order valence-electron chi connectivity index (χ2n) is 6.45. The number of aliphatic hydroxyl groups excluding tert-OH is 1. The molecule has 0 radical (unpaired) electrons. The summed E-state index contributed by atoms with van der Waals surface area (Å²) in [6.45, 7) is 10.1. The molecule has 5 atom stereocenters. The Kier molecular flexibility index (Phi) is 5.74. The van der Waals surface area contributed by atoms with Crippen LogP contribution in [0.3, 0.4) is 0 Å². The van der Waals surface area contributed by atoms with Crippen LogP contribution in [0.5, 0.6) is 0 Å². The molecule has 0 unspecified atom stereocenters. The first-order valence-electron chi connectivity index (χ1n) is 7.59. The van der Waals surface area contributed by atoms with Crippen LogP contribution in [0.4, 0.5) is 0 Å². The van der Waals surface area contributed by atoms with Crippen molar-refractivity contribution in [1.29, 1.82) is 0 Å². The van der Waals surface area contributed by atoms with Crippen molar-refractivity contribution >= 4 is 23.5 Å². The van der Waals surface area contributed by atoms with E-state index in [9.17, 15) is 5.11 Å². The lowest BCUT2D eigenvalue weighted by molar-refractivity contribution is -0.151. The number of hydrogen-bond donors (Lipinski definition) is 1. The van der Waals surface area contributed by atoms with Gasteiger partial charge in [-0.15, -0.1) is 23.5 Å². The van der Waals surface area contributed by atoms with Crippen LogP contribution >= 0.6 is 23.5 Å². The maximum Gasteiger partial charge on any atom is 0.163 e. The summed E-state index contributed by atoms with van der Waals surface area (Å²) in [5, 5.41) is 10.3. The van der Waals surface area contributed by atoms with Gasteiger partial charge in [-0.1, -0.05) is 6.92 Å². The fraction of sp³-hybridized carbons (Fsp3) is 1.00. The molecule has 2 fully saturated rings. The Balaban J connectivity index is 2.08. The quantitative estimate of drug-likeness (QED) is 0.860. The zero-order valence-electron chi connectivity index (χ0n) is 13.2. The van der Waals surface area contributed by atoms with Gasteiger partial charge in [-0.25, -0.2) is 0 Å². The number of thioether (sulfide) groups is 2. The molecule has 0 spiro atoms. The van der Waals surface area contributed by atoms with Crippen molar-refractivity contribution in [3.05, 3.63) is 0 Å². The Morgan fingerprint density at radius 3 is 2.20 bits per heavy atom. The van der Waals surface area contributed by atoms with E-state index < -0.39 is 5.79 Å². The van der Waals surface area contributed by atoms with E-state index >= 15 is 0 Å². The summed E-state index contributed by atoms with van der Waals surface area (Å²) in [6.07, 6.45) is 1.11. The van der Waals surface area contributed by atoms with Crippen molar-refractivity contribution < 1.29 is 14.6 Å². The van der Waals surface area contributed by atoms with Crippen LogP contribution in [0, 0.1) is 11.8 Å². The minimum Gasteiger partial charge on any atom is -0.393 e. The molecule has 118 valence electrons. The van der Waals surface area contributed by atoms with Gasteiger partial charge in [-0.2, -0.15) is 0 Å². The lowest BCUT2D eigenvalue weighted by atomic mass is 9.85. The molecule has 3 nitrogen and oxygen atoms in total. The Bertz CT molecular complexity index is 316. The summed E-state index contributed by atoms with van der Waals surface area (Å²) in [7, 11) is 0. The van der Waals surface area contributed by atoms with E-state index in [-0.39, 0.29) is 30.1 Å². The van der Waals surface area contributed by atoms with Crippen LogP contribution in [0.2, 0.25) is 0 Å². The summed E-state index contributed by atoms with van der Waals surface area (Å²) >= 11 is 3.99. The second-order valence-corrected chi connectivity index (χ2v) is 9.24. The SMILES string of the molecule is C[C@H]([C@H]1OC(C)(C)O[C@@H]1C)[C@@H](C1SCCCS1)[C@H](C)O. The Hall–Kier alpha value is 0.580. The molecule has 1 N–H and O–H groups in total. The number of rotatable bonds is 4. The van der Waals surface area contributed by atoms with Crippen molar-refractivity contribution in [3.63, 3.8) is 0 Å². The zero-order valence-corrected chi connectivity index (χ0v) is 14.8. The van der Waals surface area contributed by atoms with Gasteiger partial charge in [0, 0.05) is 5.92 Å². The first-order chi connectivity index (χ1) is 9.32. The van der Waals surface area contributed by atoms with Crippen LogP contribution in [-0.4, -0.2) is 45.3 Å². The molecule has 2 aliphatic rings. The summed E-state index contributed by atoms with van der Waals surface area (Å²) in [5.41, 5.74) is 0. The van der Waals surface area contributed by atoms with Gasteiger partial charge in [0.25, 0.3) is 0 Å². The molecule has 0 aromatic rings. The Morgan fingerprint density at radius 1 is 1.15 bits per heavy atom. The molecule has 5 heteroatoms. The van der Waals surface area contributed by atoms with Crippen LogP contribution in [-0.2, 0) is 9.47 Å². The fourth-order valence-electron chi connectivity index (χ4n) is 3.36. The largest absolute Gasteiger partial charge is 0.393 e. The van der Waals surface area contributed by atoms with Gasteiger partial charge in [0.2, 0.25) is 0 Å². The predicted molar refractivity (Wildman–Crippen MR) is 87.2 cm³/mol. The highest BCUT2D eigenvalue weighted by atomic mass is 32.2. The minimum absolute atomic E-state index is 0.0627. The molecular formula is C15H28O3S2. The number of aliphatic hydroxyl groups is 1. The molecule has 2 saturated heterocycles. The standard InChI is InChI=1S/C15H28O3S2/c1-9(13-11(3)17-15(4,5)18-13)12(10(2)16)14-19-7-6-8-20-14/h9-14,16H,6-8H2,1-5H3/t9-,10-,11+,12+,13+/m0/s1. The van der Waals surface area contributed by atoms with E-state index in [1.807, 2.05) is 44.3 Å². The maximum absolute atomic E-state index is 10.3.